The van der Waals surface area contributed by atoms with Crippen molar-refractivity contribution in [2.75, 3.05) is 36.0 Å². The topological polar surface area (TPSA) is 115 Å². The van der Waals surface area contributed by atoms with Gasteiger partial charge in [-0.05, 0) is 49.8 Å². The van der Waals surface area contributed by atoms with E-state index in [0.717, 1.165) is 32.1 Å². The highest BCUT2D eigenvalue weighted by molar-refractivity contribution is 5.90. The number of hydrogen-bond acceptors (Lipinski definition) is 6. The van der Waals surface area contributed by atoms with Crippen LogP contribution in [0.5, 0.6) is 0 Å². The van der Waals surface area contributed by atoms with Gasteiger partial charge in [0.2, 0.25) is 11.8 Å². The number of amides is 3. The number of piperidine rings is 1. The van der Waals surface area contributed by atoms with E-state index in [9.17, 15) is 19.6 Å². The van der Waals surface area contributed by atoms with Crippen molar-refractivity contribution in [1.82, 2.24) is 10.6 Å². The van der Waals surface area contributed by atoms with Crippen molar-refractivity contribution in [3.63, 3.8) is 0 Å². The number of halogens is 1. The highest BCUT2D eigenvalue weighted by Crippen LogP contribution is 2.32. The lowest BCUT2D eigenvalue weighted by Crippen LogP contribution is -2.49. The van der Waals surface area contributed by atoms with Gasteiger partial charge in [0.1, 0.15) is 17.5 Å². The van der Waals surface area contributed by atoms with E-state index in [1.54, 1.807) is 12.1 Å². The number of nitrogens with zero attached hydrogens (tertiary/aromatic N) is 3. The Bertz CT molecular complexity index is 1030. The van der Waals surface area contributed by atoms with Crippen LogP contribution < -0.4 is 20.4 Å². The Morgan fingerprint density at radius 1 is 1.22 bits per heavy atom. The zero-order valence-corrected chi connectivity index (χ0v) is 20.7. The maximum atomic E-state index is 15.0. The minimum atomic E-state index is -0.716. The summed E-state index contributed by atoms with van der Waals surface area (Å²) in [5, 5.41) is 15.2. The molecule has 36 heavy (non-hydrogen) atoms. The lowest BCUT2D eigenvalue weighted by molar-refractivity contribution is -0.124. The van der Waals surface area contributed by atoms with Crippen LogP contribution in [0.4, 0.5) is 20.6 Å². The molecule has 3 fully saturated rings. The fourth-order valence-corrected chi connectivity index (χ4v) is 5.39. The van der Waals surface area contributed by atoms with Crippen LogP contribution in [0, 0.1) is 23.1 Å². The summed E-state index contributed by atoms with van der Waals surface area (Å²) in [7, 11) is 0. The SMILES string of the molecule is CC(=O)NCC1CN(c2ccc(N3CCC(CC(=O)NC4(C#N)CCCCC4)CC3)c(F)c2)C(=O)O1. The summed E-state index contributed by atoms with van der Waals surface area (Å²) >= 11 is 0. The van der Waals surface area contributed by atoms with Crippen LogP contribution in [-0.4, -0.2) is 55.7 Å². The molecule has 3 aliphatic rings. The number of cyclic esters (lactones) is 1. The van der Waals surface area contributed by atoms with E-state index in [4.69, 9.17) is 4.74 Å². The summed E-state index contributed by atoms with van der Waals surface area (Å²) in [6.07, 6.45) is 5.33. The van der Waals surface area contributed by atoms with E-state index >= 15 is 4.39 Å². The smallest absolute Gasteiger partial charge is 0.414 e. The van der Waals surface area contributed by atoms with Gasteiger partial charge in [0.25, 0.3) is 0 Å². The van der Waals surface area contributed by atoms with Crippen LogP contribution in [0.25, 0.3) is 0 Å². The van der Waals surface area contributed by atoms with Gasteiger partial charge in [0, 0.05) is 26.4 Å². The second-order valence-electron chi connectivity index (χ2n) is 10.1. The largest absolute Gasteiger partial charge is 0.442 e. The van der Waals surface area contributed by atoms with E-state index in [1.807, 2.05) is 4.90 Å². The molecule has 2 heterocycles. The van der Waals surface area contributed by atoms with Crippen molar-refractivity contribution >= 4 is 29.3 Å². The highest BCUT2D eigenvalue weighted by Gasteiger charge is 2.35. The summed E-state index contributed by atoms with van der Waals surface area (Å²) in [5.41, 5.74) is 0.161. The van der Waals surface area contributed by atoms with Crippen LogP contribution in [0.3, 0.4) is 0 Å². The molecule has 1 aliphatic carbocycles. The molecule has 2 aliphatic heterocycles. The lowest BCUT2D eigenvalue weighted by atomic mass is 9.82. The summed E-state index contributed by atoms with van der Waals surface area (Å²) < 4.78 is 20.3. The van der Waals surface area contributed by atoms with Gasteiger partial charge < -0.3 is 20.3 Å². The predicted octanol–water partition coefficient (Wildman–Crippen LogP) is 3.24. The first-order valence-electron chi connectivity index (χ1n) is 12.8. The summed E-state index contributed by atoms with van der Waals surface area (Å²) in [6, 6.07) is 7.04. The van der Waals surface area contributed by atoms with E-state index in [0.29, 0.717) is 43.7 Å². The first-order valence-corrected chi connectivity index (χ1v) is 12.8. The molecule has 0 bridgehead atoms. The number of carbonyl (C=O) groups excluding carboxylic acids is 3. The van der Waals surface area contributed by atoms with Gasteiger partial charge in [0.15, 0.2) is 0 Å². The summed E-state index contributed by atoms with van der Waals surface area (Å²) in [4.78, 5) is 39.3. The molecule has 1 aromatic carbocycles. The fraction of sp³-hybridized carbons (Fsp3) is 0.615. The van der Waals surface area contributed by atoms with Gasteiger partial charge in [0.05, 0.1) is 30.5 Å². The molecule has 3 amide bonds. The second kappa shape index (κ2) is 11.1. The van der Waals surface area contributed by atoms with Crippen molar-refractivity contribution in [2.24, 2.45) is 5.92 Å². The van der Waals surface area contributed by atoms with Crippen molar-refractivity contribution in [3.05, 3.63) is 24.0 Å². The number of hydrogen-bond donors (Lipinski definition) is 2. The molecule has 1 aromatic rings. The molecule has 10 heteroatoms. The number of nitrogens with one attached hydrogen (secondary N) is 2. The Balaban J connectivity index is 1.29. The molecule has 0 radical (unpaired) electrons. The molecule has 9 nitrogen and oxygen atoms in total. The number of benzene rings is 1. The predicted molar refractivity (Wildman–Crippen MR) is 132 cm³/mol. The number of carbonyl (C=O) groups is 3. The average molecular weight is 500 g/mol. The molecule has 0 spiro atoms. The number of ether oxygens (including phenoxy) is 1. The van der Waals surface area contributed by atoms with Crippen LogP contribution in [0.2, 0.25) is 0 Å². The third kappa shape index (κ3) is 6.07. The third-order valence-electron chi connectivity index (χ3n) is 7.42. The average Bonchev–Trinajstić information content (AvgIpc) is 3.24. The van der Waals surface area contributed by atoms with Gasteiger partial charge in [-0.1, -0.05) is 19.3 Å². The second-order valence-corrected chi connectivity index (χ2v) is 10.1. The van der Waals surface area contributed by atoms with E-state index < -0.39 is 23.6 Å². The molecule has 1 unspecified atom stereocenters. The maximum Gasteiger partial charge on any atom is 0.414 e. The molecule has 0 aromatic heterocycles. The zero-order chi connectivity index (χ0) is 25.7. The van der Waals surface area contributed by atoms with Gasteiger partial charge in [-0.15, -0.1) is 0 Å². The highest BCUT2D eigenvalue weighted by atomic mass is 19.1. The molecule has 1 atom stereocenters. The van der Waals surface area contributed by atoms with Crippen molar-refractivity contribution < 1.29 is 23.5 Å². The maximum absolute atomic E-state index is 15.0. The Kier molecular flexibility index (Phi) is 7.97. The molecular weight excluding hydrogens is 465 g/mol. The zero-order valence-electron chi connectivity index (χ0n) is 20.7. The summed E-state index contributed by atoms with van der Waals surface area (Å²) in [6.45, 7) is 3.09. The number of rotatable bonds is 7. The lowest BCUT2D eigenvalue weighted by Gasteiger charge is -2.35. The van der Waals surface area contributed by atoms with Crippen molar-refractivity contribution in [3.8, 4) is 6.07 Å². The van der Waals surface area contributed by atoms with Crippen molar-refractivity contribution in [1.29, 1.82) is 5.26 Å². The standard InChI is InChI=1S/C26H34FN5O4/c1-18(33)29-15-21-16-32(25(35)36-21)20-5-6-23(22(27)14-20)31-11-7-19(8-12-31)13-24(34)30-26(17-28)9-3-2-4-10-26/h5-6,14,19,21H,2-4,7-13,15-16H2,1H3,(H,29,33)(H,30,34). The molecular formula is C26H34FN5O4. The third-order valence-corrected chi connectivity index (χ3v) is 7.42. The van der Waals surface area contributed by atoms with E-state index in [1.165, 1.54) is 17.9 Å². The van der Waals surface area contributed by atoms with E-state index in [-0.39, 0.29) is 30.8 Å². The number of nitriles is 1. The minimum Gasteiger partial charge on any atom is -0.442 e. The molecule has 2 saturated heterocycles. The van der Waals surface area contributed by atoms with Gasteiger partial charge >= 0.3 is 6.09 Å². The normalized spacial score (nSPS) is 22.0. The van der Waals surface area contributed by atoms with Crippen LogP contribution in [-0.2, 0) is 14.3 Å². The molecule has 194 valence electrons. The Hall–Kier alpha value is -3.35. The quantitative estimate of drug-likeness (QED) is 0.595. The summed E-state index contributed by atoms with van der Waals surface area (Å²) in [5.74, 6) is -0.501. The Labute approximate surface area is 210 Å². The first kappa shape index (κ1) is 25.7. The van der Waals surface area contributed by atoms with Crippen molar-refractivity contribution in [2.45, 2.75) is 69.9 Å². The molecule has 4 rings (SSSR count). The van der Waals surface area contributed by atoms with Crippen LogP contribution in [0.15, 0.2) is 18.2 Å². The van der Waals surface area contributed by atoms with Gasteiger partial charge in [-0.25, -0.2) is 9.18 Å². The number of anilines is 2. The van der Waals surface area contributed by atoms with Gasteiger partial charge in [-0.2, -0.15) is 5.26 Å². The fourth-order valence-electron chi connectivity index (χ4n) is 5.39. The van der Waals surface area contributed by atoms with E-state index in [2.05, 4.69) is 16.7 Å². The monoisotopic (exact) mass is 499 g/mol. The molecule has 2 N–H and O–H groups in total. The minimum absolute atomic E-state index is 0.0678. The van der Waals surface area contributed by atoms with Gasteiger partial charge in [-0.3, -0.25) is 14.5 Å². The first-order chi connectivity index (χ1) is 17.3. The molecule has 1 saturated carbocycles. The van der Waals surface area contributed by atoms with Crippen LogP contribution >= 0.6 is 0 Å². The van der Waals surface area contributed by atoms with Crippen LogP contribution in [0.1, 0.15) is 58.3 Å². The Morgan fingerprint density at radius 2 is 1.94 bits per heavy atom. The Morgan fingerprint density at radius 3 is 2.58 bits per heavy atom.